The number of carbonyl (C=O) groups excluding carboxylic acids is 1. The molecule has 1 aliphatic carbocycles. The molecule has 4 atom stereocenters. The van der Waals surface area contributed by atoms with Gasteiger partial charge in [0.05, 0.1) is 17.1 Å². The monoisotopic (exact) mass is 599 g/mol. The molecule has 2 aromatic carbocycles. The van der Waals surface area contributed by atoms with Gasteiger partial charge in [0.25, 0.3) is 0 Å². The minimum Gasteiger partial charge on any atom is -0.358 e. The highest BCUT2D eigenvalue weighted by molar-refractivity contribution is 5.82. The van der Waals surface area contributed by atoms with Gasteiger partial charge in [-0.3, -0.25) is 14.6 Å². The maximum absolute atomic E-state index is 14.7. The molecule has 0 spiro atoms. The molecule has 44 heavy (non-hydrogen) atoms. The van der Waals surface area contributed by atoms with E-state index in [-0.39, 0.29) is 23.2 Å². The third-order valence-electron chi connectivity index (χ3n) is 12.0. The number of nitrogens with one attached hydrogen (secondary N) is 1. The van der Waals surface area contributed by atoms with Crippen molar-refractivity contribution in [2.75, 3.05) is 26.7 Å². The Balaban J connectivity index is 1.08. The summed E-state index contributed by atoms with van der Waals surface area (Å²) in [5.41, 5.74) is 3.45. The third-order valence-corrected chi connectivity index (χ3v) is 12.0. The number of halogens is 1. The number of aryl methyl sites for hydroxylation is 1. The van der Waals surface area contributed by atoms with Crippen LogP contribution in [0.3, 0.4) is 0 Å². The Hall–Kier alpha value is -2.77. The first-order chi connectivity index (χ1) is 21.5. The predicted molar refractivity (Wildman–Crippen MR) is 174 cm³/mol. The second-order valence-corrected chi connectivity index (χ2v) is 14.3. The second-order valence-electron chi connectivity index (χ2n) is 14.3. The predicted octanol–water partition coefficient (Wildman–Crippen LogP) is 6.77. The molecule has 0 radical (unpaired) electrons. The molecule has 4 aliphatic rings. The summed E-state index contributed by atoms with van der Waals surface area (Å²) in [5, 5.41) is 2.99. The lowest BCUT2D eigenvalue weighted by atomic mass is 9.69. The van der Waals surface area contributed by atoms with Crippen molar-refractivity contribution in [3.05, 3.63) is 65.7 Å². The SMILES string of the molecule is CNC(=O)C(C1CCCCC1)N1CCC(CCN2[C@@H]3CC[C@H]2C[C@@H](n2c(C)nc4ccccc42)C3)(c2cccc(F)c2)CC1. The third kappa shape index (κ3) is 5.60. The lowest BCUT2D eigenvalue weighted by Gasteiger charge is -2.48. The Morgan fingerprint density at radius 2 is 1.70 bits per heavy atom. The highest BCUT2D eigenvalue weighted by Gasteiger charge is 2.45. The normalized spacial score (nSPS) is 27.0. The van der Waals surface area contributed by atoms with E-state index in [1.807, 2.05) is 6.07 Å². The minimum atomic E-state index is -0.140. The lowest BCUT2D eigenvalue weighted by Crippen LogP contribution is -2.55. The Bertz CT molecular complexity index is 1440. The van der Waals surface area contributed by atoms with Crippen LogP contribution in [0.1, 0.15) is 94.5 Å². The molecule has 4 fully saturated rings. The van der Waals surface area contributed by atoms with E-state index >= 15 is 0 Å². The van der Waals surface area contributed by atoms with Gasteiger partial charge in [0.2, 0.25) is 5.91 Å². The van der Waals surface area contributed by atoms with Gasteiger partial charge in [0.15, 0.2) is 0 Å². The standard InChI is InChI=1S/C37H50FN5O/c1-26-40-33-13-6-7-14-34(33)43(26)32-24-30-15-16-31(25-32)42(30)22-19-37(28-11-8-12-29(38)23-28)17-20-41(21-18-37)35(36(44)39-2)27-9-4-3-5-10-27/h6-8,11-14,23,27,30-32,35H,3-5,9-10,15-22,24-25H2,1-2H3,(H,39,44)/t30-,31+,32+,35?. The van der Waals surface area contributed by atoms with Crippen LogP contribution in [-0.4, -0.2) is 70.1 Å². The van der Waals surface area contributed by atoms with Crippen LogP contribution >= 0.6 is 0 Å². The minimum absolute atomic E-state index is 0.0385. The molecule has 1 amide bonds. The van der Waals surface area contributed by atoms with Crippen LogP contribution in [-0.2, 0) is 10.2 Å². The number of aromatic nitrogens is 2. The summed E-state index contributed by atoms with van der Waals surface area (Å²) in [6.07, 6.45) is 13.9. The zero-order valence-electron chi connectivity index (χ0n) is 26.7. The summed E-state index contributed by atoms with van der Waals surface area (Å²) < 4.78 is 17.2. The number of nitrogens with zero attached hydrogens (tertiary/aromatic N) is 4. The first-order valence-electron chi connectivity index (χ1n) is 17.4. The smallest absolute Gasteiger partial charge is 0.237 e. The maximum atomic E-state index is 14.7. The second kappa shape index (κ2) is 12.6. The van der Waals surface area contributed by atoms with E-state index in [1.54, 1.807) is 19.2 Å². The van der Waals surface area contributed by atoms with Crippen LogP contribution in [0.4, 0.5) is 4.39 Å². The number of likely N-dealkylation sites (N-methyl/N-ethyl adjacent to an activating group) is 1. The van der Waals surface area contributed by atoms with Crippen molar-refractivity contribution < 1.29 is 9.18 Å². The van der Waals surface area contributed by atoms with Crippen molar-refractivity contribution in [3.8, 4) is 0 Å². The van der Waals surface area contributed by atoms with Crippen LogP contribution in [0.15, 0.2) is 48.5 Å². The number of imidazole rings is 1. The quantitative estimate of drug-likeness (QED) is 0.311. The number of hydrogen-bond acceptors (Lipinski definition) is 4. The topological polar surface area (TPSA) is 53.4 Å². The fraction of sp³-hybridized carbons (Fsp3) is 0.622. The molecular weight excluding hydrogens is 549 g/mol. The van der Waals surface area contributed by atoms with E-state index in [1.165, 1.54) is 50.5 Å². The largest absolute Gasteiger partial charge is 0.358 e. The highest BCUT2D eigenvalue weighted by Crippen LogP contribution is 2.45. The van der Waals surface area contributed by atoms with Gasteiger partial charge >= 0.3 is 0 Å². The van der Waals surface area contributed by atoms with Crippen molar-refractivity contribution in [1.29, 1.82) is 0 Å². The lowest BCUT2D eigenvalue weighted by molar-refractivity contribution is -0.129. The first-order valence-corrected chi connectivity index (χ1v) is 17.4. The molecule has 1 unspecified atom stereocenters. The summed E-state index contributed by atoms with van der Waals surface area (Å²) in [7, 11) is 1.78. The first kappa shape index (κ1) is 29.9. The van der Waals surface area contributed by atoms with Gasteiger partial charge in [-0.1, -0.05) is 43.5 Å². The number of likely N-dealkylation sites (tertiary alicyclic amines) is 1. The van der Waals surface area contributed by atoms with E-state index in [2.05, 4.69) is 56.9 Å². The van der Waals surface area contributed by atoms with Crippen LogP contribution in [0.2, 0.25) is 0 Å². The Morgan fingerprint density at radius 3 is 2.41 bits per heavy atom. The van der Waals surface area contributed by atoms with Gasteiger partial charge in [-0.15, -0.1) is 0 Å². The number of rotatable bonds is 8. The van der Waals surface area contributed by atoms with Gasteiger partial charge in [0, 0.05) is 25.2 Å². The van der Waals surface area contributed by atoms with Crippen molar-refractivity contribution in [3.63, 3.8) is 0 Å². The number of fused-ring (bicyclic) bond motifs is 3. The van der Waals surface area contributed by atoms with Gasteiger partial charge in [-0.2, -0.15) is 0 Å². The van der Waals surface area contributed by atoms with Crippen molar-refractivity contribution in [2.45, 2.75) is 114 Å². The van der Waals surface area contributed by atoms with E-state index in [0.717, 1.165) is 68.6 Å². The Morgan fingerprint density at radius 1 is 0.977 bits per heavy atom. The molecular formula is C37H50FN5O. The Labute approximate surface area is 262 Å². The maximum Gasteiger partial charge on any atom is 0.237 e. The fourth-order valence-electron chi connectivity index (χ4n) is 9.80. The van der Waals surface area contributed by atoms with Gasteiger partial charge < -0.3 is 9.88 Å². The molecule has 3 saturated heterocycles. The Kier molecular flexibility index (Phi) is 8.53. The van der Waals surface area contributed by atoms with E-state index in [0.29, 0.717) is 24.0 Å². The molecule has 1 N–H and O–H groups in total. The molecule has 6 nitrogen and oxygen atoms in total. The van der Waals surface area contributed by atoms with Crippen LogP contribution in [0, 0.1) is 18.7 Å². The highest BCUT2D eigenvalue weighted by atomic mass is 19.1. The molecule has 1 saturated carbocycles. The summed E-state index contributed by atoms with van der Waals surface area (Å²) in [6.45, 7) is 5.01. The van der Waals surface area contributed by atoms with E-state index < -0.39 is 0 Å². The van der Waals surface area contributed by atoms with E-state index in [9.17, 15) is 9.18 Å². The van der Waals surface area contributed by atoms with Crippen LogP contribution < -0.4 is 5.32 Å². The van der Waals surface area contributed by atoms with Gasteiger partial charge in [-0.05, 0) is 126 Å². The van der Waals surface area contributed by atoms with Crippen LogP contribution in [0.25, 0.3) is 11.0 Å². The molecule has 2 bridgehead atoms. The van der Waals surface area contributed by atoms with Crippen molar-refractivity contribution >= 4 is 16.9 Å². The van der Waals surface area contributed by atoms with Crippen molar-refractivity contribution in [2.24, 2.45) is 5.92 Å². The molecule has 7 heteroatoms. The van der Waals surface area contributed by atoms with E-state index in [4.69, 9.17) is 4.98 Å². The number of hydrogen-bond donors (Lipinski definition) is 1. The van der Waals surface area contributed by atoms with Gasteiger partial charge in [-0.25, -0.2) is 9.37 Å². The zero-order valence-corrected chi connectivity index (χ0v) is 26.7. The number of piperidine rings is 2. The van der Waals surface area contributed by atoms with Gasteiger partial charge in [0.1, 0.15) is 11.6 Å². The molecule has 3 aromatic rings. The summed E-state index contributed by atoms with van der Waals surface area (Å²) in [6, 6.07) is 17.6. The molecule has 3 aliphatic heterocycles. The number of benzene rings is 2. The van der Waals surface area contributed by atoms with Crippen molar-refractivity contribution in [1.82, 2.24) is 24.7 Å². The molecule has 1 aromatic heterocycles. The average molecular weight is 600 g/mol. The molecule has 236 valence electrons. The number of para-hydroxylation sites is 2. The summed E-state index contributed by atoms with van der Waals surface area (Å²) in [5.74, 6) is 1.61. The summed E-state index contributed by atoms with van der Waals surface area (Å²) >= 11 is 0. The van der Waals surface area contributed by atoms with Crippen LogP contribution in [0.5, 0.6) is 0 Å². The summed E-state index contributed by atoms with van der Waals surface area (Å²) in [4.78, 5) is 23.4. The average Bonchev–Trinajstić information content (AvgIpc) is 3.51. The fourth-order valence-corrected chi connectivity index (χ4v) is 9.80. The molecule has 7 rings (SSSR count). The zero-order chi connectivity index (χ0) is 30.3. The number of amides is 1. The number of carbonyl (C=O) groups is 1. The molecule has 4 heterocycles.